The van der Waals surface area contributed by atoms with Crippen LogP contribution in [0.5, 0.6) is 0 Å². The van der Waals surface area contributed by atoms with Crippen molar-refractivity contribution in [1.29, 1.82) is 5.26 Å². The van der Waals surface area contributed by atoms with Crippen molar-refractivity contribution in [1.82, 2.24) is 0 Å². The van der Waals surface area contributed by atoms with Gasteiger partial charge in [0.1, 0.15) is 0 Å². The van der Waals surface area contributed by atoms with Gasteiger partial charge in [0.05, 0.1) is 6.07 Å². The molecule has 0 aliphatic heterocycles. The number of thiol groups is 1. The van der Waals surface area contributed by atoms with Crippen LogP contribution in [0.15, 0.2) is 0 Å². The SMILES string of the molecule is CC(C)(C)C(S)CCC#N. The Bertz CT molecular complexity index is 129. The maximum atomic E-state index is 8.30. The molecule has 0 aromatic carbocycles. The first-order valence-electron chi connectivity index (χ1n) is 3.53. The van der Waals surface area contributed by atoms with Gasteiger partial charge >= 0.3 is 0 Å². The standard InChI is InChI=1S/C8H15NS/c1-8(2,3)7(10)5-4-6-9/h7,10H,4-5H2,1-3H3. The molecule has 0 bridgehead atoms. The summed E-state index contributed by atoms with van der Waals surface area (Å²) in [5.74, 6) is 0. The third-order valence-corrected chi connectivity index (χ3v) is 2.56. The Morgan fingerprint density at radius 2 is 2.00 bits per heavy atom. The van der Waals surface area contributed by atoms with Crippen molar-refractivity contribution >= 4 is 12.6 Å². The van der Waals surface area contributed by atoms with E-state index in [0.717, 1.165) is 6.42 Å². The zero-order valence-corrected chi connectivity index (χ0v) is 7.78. The molecular weight excluding hydrogens is 142 g/mol. The minimum atomic E-state index is 0.222. The first-order chi connectivity index (χ1) is 4.48. The Morgan fingerprint density at radius 1 is 1.50 bits per heavy atom. The van der Waals surface area contributed by atoms with Crippen LogP contribution >= 0.6 is 12.6 Å². The van der Waals surface area contributed by atoms with E-state index in [4.69, 9.17) is 5.26 Å². The van der Waals surface area contributed by atoms with Crippen molar-refractivity contribution in [2.75, 3.05) is 0 Å². The molecule has 2 heteroatoms. The lowest BCUT2D eigenvalue weighted by atomic mass is 9.89. The lowest BCUT2D eigenvalue weighted by Gasteiger charge is -2.25. The average molecular weight is 157 g/mol. The van der Waals surface area contributed by atoms with Crippen LogP contribution in [-0.2, 0) is 0 Å². The van der Waals surface area contributed by atoms with Gasteiger partial charge in [-0.2, -0.15) is 17.9 Å². The Balaban J connectivity index is 3.65. The number of hydrogen-bond acceptors (Lipinski definition) is 2. The molecule has 0 radical (unpaired) electrons. The normalized spacial score (nSPS) is 14.3. The summed E-state index contributed by atoms with van der Waals surface area (Å²) >= 11 is 4.39. The molecule has 0 aromatic rings. The molecule has 0 aliphatic rings. The van der Waals surface area contributed by atoms with E-state index in [-0.39, 0.29) is 5.41 Å². The minimum Gasteiger partial charge on any atom is -0.198 e. The maximum Gasteiger partial charge on any atom is 0.0622 e. The quantitative estimate of drug-likeness (QED) is 0.612. The maximum absolute atomic E-state index is 8.30. The largest absolute Gasteiger partial charge is 0.198 e. The zero-order valence-electron chi connectivity index (χ0n) is 6.89. The van der Waals surface area contributed by atoms with E-state index in [9.17, 15) is 0 Å². The summed E-state index contributed by atoms with van der Waals surface area (Å²) in [6, 6.07) is 2.12. The fourth-order valence-corrected chi connectivity index (χ4v) is 0.763. The van der Waals surface area contributed by atoms with Crippen LogP contribution in [0, 0.1) is 16.7 Å². The number of rotatable bonds is 2. The van der Waals surface area contributed by atoms with Gasteiger partial charge < -0.3 is 0 Å². The predicted molar refractivity (Wildman–Crippen MR) is 47.1 cm³/mol. The van der Waals surface area contributed by atoms with Gasteiger partial charge in [0.25, 0.3) is 0 Å². The van der Waals surface area contributed by atoms with Crippen LogP contribution in [0.3, 0.4) is 0 Å². The molecule has 58 valence electrons. The van der Waals surface area contributed by atoms with Crippen molar-refractivity contribution < 1.29 is 0 Å². The van der Waals surface area contributed by atoms with Crippen LogP contribution in [-0.4, -0.2) is 5.25 Å². The molecule has 1 nitrogen and oxygen atoms in total. The summed E-state index contributed by atoms with van der Waals surface area (Å²) in [6.07, 6.45) is 1.51. The predicted octanol–water partition coefficient (Wildman–Crippen LogP) is 2.63. The molecule has 0 heterocycles. The van der Waals surface area contributed by atoms with Crippen LogP contribution in [0.4, 0.5) is 0 Å². The Kier molecular flexibility index (Phi) is 3.81. The van der Waals surface area contributed by atoms with Crippen molar-refractivity contribution in [2.24, 2.45) is 5.41 Å². The highest BCUT2D eigenvalue weighted by molar-refractivity contribution is 7.81. The molecule has 10 heavy (non-hydrogen) atoms. The highest BCUT2D eigenvalue weighted by Gasteiger charge is 2.19. The molecule has 0 rings (SSSR count). The highest BCUT2D eigenvalue weighted by atomic mass is 32.1. The molecule has 0 aliphatic carbocycles. The van der Waals surface area contributed by atoms with Crippen LogP contribution < -0.4 is 0 Å². The van der Waals surface area contributed by atoms with Gasteiger partial charge in [-0.15, -0.1) is 0 Å². The Labute approximate surface area is 68.8 Å². The second-order valence-electron chi connectivity index (χ2n) is 3.58. The van der Waals surface area contributed by atoms with Crippen molar-refractivity contribution in [3.8, 4) is 6.07 Å². The molecular formula is C8H15NS. The molecule has 0 N–H and O–H groups in total. The number of nitriles is 1. The minimum absolute atomic E-state index is 0.222. The molecule has 1 unspecified atom stereocenters. The smallest absolute Gasteiger partial charge is 0.0622 e. The molecule has 1 atom stereocenters. The molecule has 0 amide bonds. The van der Waals surface area contributed by atoms with E-state index in [1.807, 2.05) is 0 Å². The van der Waals surface area contributed by atoms with Gasteiger partial charge in [-0.3, -0.25) is 0 Å². The van der Waals surface area contributed by atoms with E-state index in [0.29, 0.717) is 11.7 Å². The van der Waals surface area contributed by atoms with Gasteiger partial charge in [-0.25, -0.2) is 0 Å². The lowest BCUT2D eigenvalue weighted by Crippen LogP contribution is -2.20. The first kappa shape index (κ1) is 9.84. The Hall–Kier alpha value is -0.160. The molecule has 0 fully saturated rings. The van der Waals surface area contributed by atoms with Gasteiger partial charge in [0.2, 0.25) is 0 Å². The second kappa shape index (κ2) is 3.88. The molecule has 0 spiro atoms. The summed E-state index contributed by atoms with van der Waals surface area (Å²) in [4.78, 5) is 0. The second-order valence-corrected chi connectivity index (χ2v) is 4.20. The summed E-state index contributed by atoms with van der Waals surface area (Å²) in [7, 11) is 0. The number of nitrogens with zero attached hydrogens (tertiary/aromatic N) is 1. The molecule has 0 saturated heterocycles. The summed E-state index contributed by atoms with van der Waals surface area (Å²) in [5, 5.41) is 8.64. The van der Waals surface area contributed by atoms with E-state index in [1.165, 1.54) is 0 Å². The van der Waals surface area contributed by atoms with E-state index >= 15 is 0 Å². The summed E-state index contributed by atoms with van der Waals surface area (Å²) < 4.78 is 0. The van der Waals surface area contributed by atoms with Crippen LogP contribution in [0.2, 0.25) is 0 Å². The molecule has 0 aromatic heterocycles. The van der Waals surface area contributed by atoms with Gasteiger partial charge in [-0.1, -0.05) is 20.8 Å². The highest BCUT2D eigenvalue weighted by Crippen LogP contribution is 2.27. The summed E-state index contributed by atoms with van der Waals surface area (Å²) in [6.45, 7) is 6.42. The van der Waals surface area contributed by atoms with Crippen molar-refractivity contribution in [3.05, 3.63) is 0 Å². The fourth-order valence-electron chi connectivity index (χ4n) is 0.634. The topological polar surface area (TPSA) is 23.8 Å². The van der Waals surface area contributed by atoms with E-state index in [1.54, 1.807) is 0 Å². The summed E-state index contributed by atoms with van der Waals surface area (Å²) in [5.41, 5.74) is 0.222. The van der Waals surface area contributed by atoms with Crippen LogP contribution in [0.1, 0.15) is 33.6 Å². The monoisotopic (exact) mass is 157 g/mol. The first-order valence-corrected chi connectivity index (χ1v) is 4.05. The van der Waals surface area contributed by atoms with Gasteiger partial charge in [0, 0.05) is 11.7 Å². The third-order valence-electron chi connectivity index (χ3n) is 1.53. The van der Waals surface area contributed by atoms with E-state index in [2.05, 4.69) is 39.5 Å². The van der Waals surface area contributed by atoms with Gasteiger partial charge in [-0.05, 0) is 11.8 Å². The zero-order chi connectivity index (χ0) is 8.20. The van der Waals surface area contributed by atoms with Crippen molar-refractivity contribution in [2.45, 2.75) is 38.9 Å². The number of hydrogen-bond donors (Lipinski definition) is 1. The average Bonchev–Trinajstić information content (AvgIpc) is 1.80. The van der Waals surface area contributed by atoms with Crippen LogP contribution in [0.25, 0.3) is 0 Å². The van der Waals surface area contributed by atoms with Crippen molar-refractivity contribution in [3.63, 3.8) is 0 Å². The van der Waals surface area contributed by atoms with Gasteiger partial charge in [0.15, 0.2) is 0 Å². The lowest BCUT2D eigenvalue weighted by molar-refractivity contribution is 0.384. The van der Waals surface area contributed by atoms with E-state index < -0.39 is 0 Å². The third kappa shape index (κ3) is 3.79. The fraction of sp³-hybridized carbons (Fsp3) is 0.875. The molecule has 0 saturated carbocycles. The Morgan fingerprint density at radius 3 is 2.30 bits per heavy atom.